The Kier molecular flexibility index (Phi) is 8.78. The maximum atomic E-state index is 2.52. The minimum atomic E-state index is -0.00128. The fraction of sp³-hybridized carbons (Fsp3) is 0.0625. The van der Waals surface area contributed by atoms with Crippen molar-refractivity contribution in [3.05, 3.63) is 236 Å². The van der Waals surface area contributed by atoms with Gasteiger partial charge in [-0.3, -0.25) is 0 Å². The monoisotopic (exact) mass is 857 g/mol. The second kappa shape index (κ2) is 15.1. The molecule has 0 spiro atoms. The molecule has 12 aromatic carbocycles. The van der Waals surface area contributed by atoms with Crippen molar-refractivity contribution in [2.24, 2.45) is 0 Å². The van der Waals surface area contributed by atoms with E-state index >= 15 is 0 Å². The van der Waals surface area contributed by atoms with E-state index in [1.807, 2.05) is 0 Å². The van der Waals surface area contributed by atoms with Crippen molar-refractivity contribution in [1.82, 2.24) is 0 Å². The van der Waals surface area contributed by atoms with Crippen LogP contribution in [0.15, 0.2) is 231 Å². The predicted octanol–water partition coefficient (Wildman–Crippen LogP) is 18.6. The van der Waals surface area contributed by atoms with Crippen molar-refractivity contribution >= 4 is 105 Å². The second-order valence-corrected chi connectivity index (χ2v) is 19.0. The molecule has 0 fully saturated rings. The third kappa shape index (κ3) is 6.34. The van der Waals surface area contributed by atoms with E-state index in [-0.39, 0.29) is 5.41 Å². The molecule has 6 bridgehead atoms. The molecule has 3 nitrogen and oxygen atoms in total. The summed E-state index contributed by atoms with van der Waals surface area (Å²) in [6, 6.07) is 85.7. The maximum Gasteiger partial charge on any atom is 0.0561 e. The lowest BCUT2D eigenvalue weighted by Crippen LogP contribution is -2.17. The van der Waals surface area contributed by atoms with E-state index in [4.69, 9.17) is 0 Å². The Balaban J connectivity index is 1.18. The summed E-state index contributed by atoms with van der Waals surface area (Å²) >= 11 is 0. The molecule has 1 heterocycles. The molecule has 0 radical (unpaired) electrons. The topological polar surface area (TPSA) is 9.72 Å². The second-order valence-electron chi connectivity index (χ2n) is 19.0. The summed E-state index contributed by atoms with van der Waals surface area (Å²) in [6.45, 7) is 6.94. The number of benzene rings is 12. The summed E-state index contributed by atoms with van der Waals surface area (Å²) in [4.78, 5) is 7.46. The lowest BCUT2D eigenvalue weighted by molar-refractivity contribution is 0.591. The average molecular weight is 858 g/mol. The van der Waals surface area contributed by atoms with Gasteiger partial charge in [0.2, 0.25) is 0 Å². The molecule has 0 saturated carbocycles. The van der Waals surface area contributed by atoms with Gasteiger partial charge in [0.25, 0.3) is 0 Å². The van der Waals surface area contributed by atoms with Crippen molar-refractivity contribution in [1.29, 1.82) is 0 Å². The third-order valence-corrected chi connectivity index (χ3v) is 14.0. The first-order chi connectivity index (χ1) is 32.9. The zero-order valence-corrected chi connectivity index (χ0v) is 37.8. The first kappa shape index (κ1) is 39.0. The van der Waals surface area contributed by atoms with Crippen LogP contribution >= 0.6 is 0 Å². The van der Waals surface area contributed by atoms with Crippen LogP contribution in [0.1, 0.15) is 26.3 Å². The van der Waals surface area contributed by atoms with Crippen LogP contribution in [0.2, 0.25) is 0 Å². The quantitative estimate of drug-likeness (QED) is 0.163. The molecule has 12 aromatic rings. The van der Waals surface area contributed by atoms with Crippen molar-refractivity contribution in [2.45, 2.75) is 26.2 Å². The molecule has 0 atom stereocenters. The van der Waals surface area contributed by atoms with Gasteiger partial charge in [-0.15, -0.1) is 0 Å². The Morgan fingerprint density at radius 2 is 0.716 bits per heavy atom. The highest BCUT2D eigenvalue weighted by Gasteiger charge is 2.28. The van der Waals surface area contributed by atoms with E-state index in [1.54, 1.807) is 0 Å². The van der Waals surface area contributed by atoms with E-state index in [0.717, 1.165) is 51.2 Å². The summed E-state index contributed by atoms with van der Waals surface area (Å²) in [5.74, 6) is 0. The van der Waals surface area contributed by atoms with Gasteiger partial charge in [0.1, 0.15) is 0 Å². The average Bonchev–Trinajstić information content (AvgIpc) is 3.36. The van der Waals surface area contributed by atoms with Gasteiger partial charge in [0.15, 0.2) is 0 Å². The van der Waals surface area contributed by atoms with E-state index in [1.165, 1.54) is 70.6 Å². The lowest BCUT2D eigenvalue weighted by Gasteiger charge is -2.35. The van der Waals surface area contributed by atoms with Crippen LogP contribution in [0.3, 0.4) is 0 Å². The molecule has 0 aromatic heterocycles. The van der Waals surface area contributed by atoms with Crippen molar-refractivity contribution in [3.63, 3.8) is 0 Å². The SMILES string of the molecule is CC(C)(C)c1cc2ccc3c4cc(c5ccc(c1)c2c35)N(c1cccc2ccccc12)c1cccc(c1)N(c1ccc(-c2ccccc2)cc1)c1cccc(c1)N4c1cccc2ccccc12. The molecule has 318 valence electrons. The van der Waals surface area contributed by atoms with E-state index in [0.29, 0.717) is 0 Å². The van der Waals surface area contributed by atoms with Crippen LogP contribution in [-0.2, 0) is 5.41 Å². The summed E-state index contributed by atoms with van der Waals surface area (Å²) in [5.41, 5.74) is 13.6. The number of hydrogen-bond acceptors (Lipinski definition) is 3. The van der Waals surface area contributed by atoms with Crippen LogP contribution in [0.5, 0.6) is 0 Å². The molecule has 3 heteroatoms. The summed E-state index contributed by atoms with van der Waals surface area (Å²) < 4.78 is 0. The summed E-state index contributed by atoms with van der Waals surface area (Å²) in [7, 11) is 0. The molecule has 67 heavy (non-hydrogen) atoms. The highest BCUT2D eigenvalue weighted by atomic mass is 15.2. The molecule has 0 aliphatic carbocycles. The molecule has 0 saturated heterocycles. The minimum absolute atomic E-state index is 0.00128. The van der Waals surface area contributed by atoms with Crippen LogP contribution in [0, 0.1) is 0 Å². The van der Waals surface area contributed by atoms with Gasteiger partial charge in [-0.1, -0.05) is 185 Å². The Morgan fingerprint density at radius 1 is 0.269 bits per heavy atom. The normalized spacial score (nSPS) is 12.9. The number of nitrogens with zero attached hydrogens (tertiary/aromatic N) is 3. The highest BCUT2D eigenvalue weighted by Crippen LogP contribution is 2.53. The van der Waals surface area contributed by atoms with Gasteiger partial charge in [-0.25, -0.2) is 0 Å². The van der Waals surface area contributed by atoms with Gasteiger partial charge in [-0.2, -0.15) is 0 Å². The Morgan fingerprint density at radius 3 is 1.24 bits per heavy atom. The van der Waals surface area contributed by atoms with Gasteiger partial charge in [0.05, 0.1) is 22.7 Å². The molecule has 0 amide bonds. The minimum Gasteiger partial charge on any atom is -0.310 e. The van der Waals surface area contributed by atoms with Gasteiger partial charge in [0, 0.05) is 55.4 Å². The van der Waals surface area contributed by atoms with Crippen LogP contribution in [-0.4, -0.2) is 0 Å². The molecule has 13 rings (SSSR count). The molecule has 1 aliphatic rings. The van der Waals surface area contributed by atoms with Crippen LogP contribution in [0.4, 0.5) is 51.2 Å². The molecular weight excluding hydrogens is 811 g/mol. The highest BCUT2D eigenvalue weighted by molar-refractivity contribution is 6.29. The fourth-order valence-electron chi connectivity index (χ4n) is 10.7. The van der Waals surface area contributed by atoms with E-state index in [2.05, 4.69) is 266 Å². The number of rotatable bonds is 4. The first-order valence-corrected chi connectivity index (χ1v) is 23.3. The maximum absolute atomic E-state index is 2.52. The first-order valence-electron chi connectivity index (χ1n) is 23.3. The smallest absolute Gasteiger partial charge is 0.0561 e. The third-order valence-electron chi connectivity index (χ3n) is 14.0. The van der Waals surface area contributed by atoms with Crippen LogP contribution in [0.25, 0.3) is 65.0 Å². The van der Waals surface area contributed by atoms with Gasteiger partial charge >= 0.3 is 0 Å². The van der Waals surface area contributed by atoms with Crippen LogP contribution < -0.4 is 14.7 Å². The summed E-state index contributed by atoms with van der Waals surface area (Å²) in [6.07, 6.45) is 0. The zero-order chi connectivity index (χ0) is 44.8. The van der Waals surface area contributed by atoms with E-state index < -0.39 is 0 Å². The van der Waals surface area contributed by atoms with Gasteiger partial charge in [-0.05, 0) is 116 Å². The Hall–Kier alpha value is -8.40. The Bertz CT molecular complexity index is 3650. The van der Waals surface area contributed by atoms with Gasteiger partial charge < -0.3 is 14.7 Å². The summed E-state index contributed by atoms with van der Waals surface area (Å²) in [5, 5.41) is 12.3. The van der Waals surface area contributed by atoms with Crippen molar-refractivity contribution < 1.29 is 0 Å². The predicted molar refractivity (Wildman–Crippen MR) is 287 cm³/mol. The molecule has 0 N–H and O–H groups in total. The molecular formula is C64H47N3. The largest absolute Gasteiger partial charge is 0.310 e. The molecule has 0 unspecified atom stereocenters. The van der Waals surface area contributed by atoms with E-state index in [9.17, 15) is 0 Å². The number of fused-ring (bicyclic) bond motifs is 10. The number of anilines is 9. The molecule has 1 aliphatic heterocycles. The standard InChI is InChI=1S/C64H47N3/c1-64(2,3)48-37-46-31-35-56-60-41-61(57-36-32-47(38-48)62(46)63(56)57)67(59-28-12-20-45-18-8-10-26-55(45)59)53-24-14-22-51(40-53)65(49-33-29-43(30-34-49)42-15-5-4-6-16-42)50-21-13-23-52(39-50)66(60)58-27-11-19-44-17-7-9-25-54(44)58/h4-41H,1-3H3. The lowest BCUT2D eigenvalue weighted by atomic mass is 9.83. The Labute approximate surface area is 391 Å². The number of hydrogen-bond donors (Lipinski definition) is 0. The fourth-order valence-corrected chi connectivity index (χ4v) is 10.7. The zero-order valence-electron chi connectivity index (χ0n) is 37.8. The van der Waals surface area contributed by atoms with Crippen molar-refractivity contribution in [2.75, 3.05) is 14.7 Å². The van der Waals surface area contributed by atoms with Crippen molar-refractivity contribution in [3.8, 4) is 11.1 Å².